The average Bonchev–Trinajstić information content (AvgIpc) is 3.17. The summed E-state index contributed by atoms with van der Waals surface area (Å²) in [7, 11) is -0.424. The maximum atomic E-state index is 12.6. The Bertz CT molecular complexity index is 1190. The van der Waals surface area contributed by atoms with Gasteiger partial charge in [0, 0.05) is 42.0 Å². The lowest BCUT2D eigenvalue weighted by Crippen LogP contribution is -2.30. The predicted octanol–water partition coefficient (Wildman–Crippen LogP) is 2.56. The van der Waals surface area contributed by atoms with E-state index >= 15 is 0 Å². The van der Waals surface area contributed by atoms with Gasteiger partial charge in [0.2, 0.25) is 0 Å². The smallest absolute Gasteiger partial charge is 0.273 e. The van der Waals surface area contributed by atoms with E-state index in [1.165, 1.54) is 10.6 Å². The fourth-order valence-electron chi connectivity index (χ4n) is 3.23. The Balaban J connectivity index is 1.54. The van der Waals surface area contributed by atoms with Crippen LogP contribution in [0.1, 0.15) is 27.8 Å². The normalized spacial score (nSPS) is 15.2. The number of nitrogens with zero attached hydrogens (tertiary/aromatic N) is 2. The molecule has 1 atom stereocenters. The minimum atomic E-state index is -0.424. The second-order valence-corrected chi connectivity index (χ2v) is 8.36. The molecular weight excluding hydrogens is 388 g/mol. The number of hydrogen-bond acceptors (Lipinski definition) is 3. The maximum Gasteiger partial charge on any atom is 0.273 e. The summed E-state index contributed by atoms with van der Waals surface area (Å²) < 4.78 is 3.48. The number of rotatable bonds is 4. The molecule has 2 amide bonds. The lowest BCUT2D eigenvalue weighted by molar-refractivity contribution is 0.0950. The molecule has 4 rings (SSSR count). The topological polar surface area (TPSA) is 85.1 Å². The molecular formula is C21H20N4O3S. The minimum Gasteiger partial charge on any atom is -0.350 e. The number of aromatic nitrogens is 2. The molecule has 1 aliphatic heterocycles. The first-order valence-electron chi connectivity index (χ1n) is 9.18. The van der Waals surface area contributed by atoms with Crippen molar-refractivity contribution >= 4 is 33.5 Å². The van der Waals surface area contributed by atoms with Gasteiger partial charge in [0.1, 0.15) is 5.69 Å². The third kappa shape index (κ3) is 3.66. The van der Waals surface area contributed by atoms with Gasteiger partial charge in [0.25, 0.3) is 17.4 Å². The largest absolute Gasteiger partial charge is 0.350 e. The number of nitrogens with one attached hydrogen (secondary N) is 2. The van der Waals surface area contributed by atoms with Gasteiger partial charge in [0.15, 0.2) is 0 Å². The molecule has 3 heterocycles. The van der Waals surface area contributed by atoms with Gasteiger partial charge in [-0.3, -0.25) is 18.4 Å². The Hall–Kier alpha value is -3.39. The molecule has 3 aromatic rings. The molecule has 0 saturated heterocycles. The average molecular weight is 408 g/mol. The molecule has 8 heteroatoms. The zero-order valence-electron chi connectivity index (χ0n) is 15.8. The Labute approximate surface area is 170 Å². The third-order valence-electron chi connectivity index (χ3n) is 4.63. The second kappa shape index (κ2) is 7.92. The number of anilines is 1. The molecule has 0 saturated carbocycles. The van der Waals surface area contributed by atoms with Crippen LogP contribution in [0.5, 0.6) is 0 Å². The van der Waals surface area contributed by atoms with Gasteiger partial charge in [-0.2, -0.15) is 0 Å². The molecule has 0 aliphatic carbocycles. The highest BCUT2D eigenvalue weighted by molar-refractivity contribution is 8.13. The van der Waals surface area contributed by atoms with Crippen molar-refractivity contribution in [3.05, 3.63) is 82.5 Å². The van der Waals surface area contributed by atoms with Crippen molar-refractivity contribution in [2.45, 2.75) is 18.4 Å². The monoisotopic (exact) mass is 408 g/mol. The van der Waals surface area contributed by atoms with Gasteiger partial charge in [-0.15, -0.1) is 0 Å². The van der Waals surface area contributed by atoms with Crippen molar-refractivity contribution < 1.29 is 9.59 Å². The quantitative estimate of drug-likeness (QED) is 0.651. The SMILES string of the molecule is C/C=S1/c2ccc(C(=O)NCCn3ccccc3=O)cc2NC(=O)c2cccn21. The summed E-state index contributed by atoms with van der Waals surface area (Å²) in [4.78, 5) is 37.8. The summed E-state index contributed by atoms with van der Waals surface area (Å²) in [6.07, 6.45) is 3.57. The predicted molar refractivity (Wildman–Crippen MR) is 115 cm³/mol. The minimum absolute atomic E-state index is 0.110. The molecule has 1 aromatic carbocycles. The van der Waals surface area contributed by atoms with Gasteiger partial charge in [0.05, 0.1) is 5.69 Å². The molecule has 2 N–H and O–H groups in total. The van der Waals surface area contributed by atoms with Gasteiger partial charge in [-0.05, 0) is 48.7 Å². The summed E-state index contributed by atoms with van der Waals surface area (Å²) in [6, 6.07) is 13.9. The number of hydrogen-bond donors (Lipinski definition) is 2. The van der Waals surface area contributed by atoms with E-state index in [0.29, 0.717) is 30.0 Å². The zero-order valence-corrected chi connectivity index (χ0v) is 16.6. The van der Waals surface area contributed by atoms with Crippen molar-refractivity contribution in [2.24, 2.45) is 0 Å². The van der Waals surface area contributed by atoms with E-state index in [-0.39, 0.29) is 17.4 Å². The van der Waals surface area contributed by atoms with Crippen molar-refractivity contribution in [2.75, 3.05) is 11.9 Å². The second-order valence-electron chi connectivity index (χ2n) is 6.42. The van der Waals surface area contributed by atoms with E-state index in [1.54, 1.807) is 36.5 Å². The van der Waals surface area contributed by atoms with E-state index in [9.17, 15) is 14.4 Å². The Morgan fingerprint density at radius 2 is 2.00 bits per heavy atom. The lowest BCUT2D eigenvalue weighted by Gasteiger charge is -2.14. The highest BCUT2D eigenvalue weighted by Gasteiger charge is 2.22. The summed E-state index contributed by atoms with van der Waals surface area (Å²) in [5, 5.41) is 7.78. The van der Waals surface area contributed by atoms with Gasteiger partial charge in [-0.25, -0.2) is 0 Å². The van der Waals surface area contributed by atoms with Crippen molar-refractivity contribution in [3.8, 4) is 0 Å². The van der Waals surface area contributed by atoms with Gasteiger partial charge in [-0.1, -0.05) is 16.7 Å². The molecule has 7 nitrogen and oxygen atoms in total. The van der Waals surface area contributed by atoms with Crippen LogP contribution >= 0.6 is 10.7 Å². The molecule has 1 unspecified atom stereocenters. The van der Waals surface area contributed by atoms with Crippen LogP contribution in [0.25, 0.3) is 0 Å². The molecule has 29 heavy (non-hydrogen) atoms. The molecule has 0 spiro atoms. The zero-order chi connectivity index (χ0) is 20.4. The first-order chi connectivity index (χ1) is 14.1. The molecule has 0 radical (unpaired) electrons. The van der Waals surface area contributed by atoms with Crippen LogP contribution in [0, 0.1) is 0 Å². The van der Waals surface area contributed by atoms with E-state index < -0.39 is 10.7 Å². The van der Waals surface area contributed by atoms with Crippen molar-refractivity contribution in [3.63, 3.8) is 0 Å². The van der Waals surface area contributed by atoms with Crippen molar-refractivity contribution in [1.29, 1.82) is 0 Å². The summed E-state index contributed by atoms with van der Waals surface area (Å²) in [5.74, 6) is -0.454. The summed E-state index contributed by atoms with van der Waals surface area (Å²) >= 11 is 0. The van der Waals surface area contributed by atoms with Crippen LogP contribution in [0.15, 0.2) is 70.6 Å². The summed E-state index contributed by atoms with van der Waals surface area (Å²) in [5.41, 5.74) is 1.56. The Morgan fingerprint density at radius 3 is 2.79 bits per heavy atom. The molecule has 2 aromatic heterocycles. The fraction of sp³-hybridized carbons (Fsp3) is 0.143. The molecule has 148 valence electrons. The van der Waals surface area contributed by atoms with Gasteiger partial charge < -0.3 is 15.2 Å². The van der Waals surface area contributed by atoms with Gasteiger partial charge >= 0.3 is 0 Å². The highest BCUT2D eigenvalue weighted by atomic mass is 32.2. The molecule has 0 bridgehead atoms. The third-order valence-corrected chi connectivity index (χ3v) is 6.63. The van der Waals surface area contributed by atoms with E-state index in [2.05, 4.69) is 10.6 Å². The number of fused-ring (bicyclic) bond motifs is 2. The van der Waals surface area contributed by atoms with Crippen LogP contribution in [-0.4, -0.2) is 32.3 Å². The number of benzene rings is 1. The van der Waals surface area contributed by atoms with E-state index in [1.807, 2.05) is 34.6 Å². The van der Waals surface area contributed by atoms with Crippen LogP contribution < -0.4 is 16.2 Å². The lowest BCUT2D eigenvalue weighted by atomic mass is 10.2. The van der Waals surface area contributed by atoms with Crippen LogP contribution in [0.2, 0.25) is 0 Å². The Morgan fingerprint density at radius 1 is 1.14 bits per heavy atom. The van der Waals surface area contributed by atoms with Crippen LogP contribution in [-0.2, 0) is 6.54 Å². The van der Waals surface area contributed by atoms with Crippen LogP contribution in [0.4, 0.5) is 5.69 Å². The Kier molecular flexibility index (Phi) is 5.18. The summed E-state index contributed by atoms with van der Waals surface area (Å²) in [6.45, 7) is 2.67. The van der Waals surface area contributed by atoms with Crippen LogP contribution in [0.3, 0.4) is 0 Å². The first kappa shape index (κ1) is 18.9. The van der Waals surface area contributed by atoms with E-state index in [0.717, 1.165) is 4.90 Å². The standard InChI is InChI=1S/C21H20N4O3S/c1-2-29-18-9-8-15(14-16(18)23-21(28)17-6-5-12-25(17)29)20(27)22-10-13-24-11-4-3-7-19(24)26/h2-9,11-12,14H,10,13H2,1H3,(H,22,27)(H,23,28). The number of carbonyl (C=O) groups is 2. The molecule has 0 fully saturated rings. The van der Waals surface area contributed by atoms with E-state index in [4.69, 9.17) is 0 Å². The number of pyridine rings is 1. The molecule has 1 aliphatic rings. The maximum absolute atomic E-state index is 12.6. The number of carbonyl (C=O) groups excluding carboxylic acids is 2. The fourth-order valence-corrected chi connectivity index (χ4v) is 5.03. The first-order valence-corrected chi connectivity index (χ1v) is 10.4. The van der Waals surface area contributed by atoms with Crippen molar-refractivity contribution in [1.82, 2.24) is 13.9 Å². The highest BCUT2D eigenvalue weighted by Crippen LogP contribution is 2.38. The number of amides is 2.